The summed E-state index contributed by atoms with van der Waals surface area (Å²) in [6.45, 7) is 4.38. The zero-order valence-electron chi connectivity index (χ0n) is 12.9. The van der Waals surface area contributed by atoms with Crippen molar-refractivity contribution < 1.29 is 14.6 Å². The van der Waals surface area contributed by atoms with Crippen molar-refractivity contribution in [3.63, 3.8) is 0 Å². The number of hydrogen-bond donors (Lipinski definition) is 1. The van der Waals surface area contributed by atoms with E-state index in [0.29, 0.717) is 18.7 Å². The van der Waals surface area contributed by atoms with Gasteiger partial charge in [-0.2, -0.15) is 0 Å². The molecule has 1 aliphatic heterocycles. The Morgan fingerprint density at radius 1 is 1.43 bits per heavy atom. The fraction of sp³-hybridized carbons (Fsp3) is 0.647. The molecular weight excluding hydrogens is 266 g/mol. The molecule has 1 aliphatic carbocycles. The Labute approximate surface area is 126 Å². The summed E-state index contributed by atoms with van der Waals surface area (Å²) in [5.74, 6) is 0.768. The van der Waals surface area contributed by atoms with Crippen molar-refractivity contribution in [2.75, 3.05) is 26.8 Å². The number of β-amino-alcohol motifs (C(OH)–C–C–N with tert-alkyl or cyclic N) is 1. The van der Waals surface area contributed by atoms with Crippen molar-refractivity contribution in [1.82, 2.24) is 4.90 Å². The molecule has 1 saturated carbocycles. The lowest BCUT2D eigenvalue weighted by molar-refractivity contribution is -0.0676. The molecule has 1 aromatic rings. The van der Waals surface area contributed by atoms with Gasteiger partial charge in [0.05, 0.1) is 25.9 Å². The van der Waals surface area contributed by atoms with Crippen LogP contribution in [0, 0.1) is 6.92 Å². The van der Waals surface area contributed by atoms with Crippen LogP contribution < -0.4 is 4.74 Å². The number of nitrogens with zero attached hydrogens (tertiary/aromatic N) is 1. The van der Waals surface area contributed by atoms with Crippen LogP contribution in [-0.2, 0) is 4.74 Å². The van der Waals surface area contributed by atoms with Gasteiger partial charge in [0, 0.05) is 24.7 Å². The Morgan fingerprint density at radius 3 is 3.10 bits per heavy atom. The van der Waals surface area contributed by atoms with Gasteiger partial charge in [0.15, 0.2) is 0 Å². The fourth-order valence-electron chi connectivity index (χ4n) is 3.67. The van der Waals surface area contributed by atoms with Gasteiger partial charge < -0.3 is 14.6 Å². The van der Waals surface area contributed by atoms with E-state index in [1.165, 1.54) is 12.8 Å². The van der Waals surface area contributed by atoms with E-state index in [1.807, 2.05) is 25.1 Å². The first kappa shape index (κ1) is 14.8. The monoisotopic (exact) mass is 291 g/mol. The van der Waals surface area contributed by atoms with Crippen molar-refractivity contribution in [2.24, 2.45) is 0 Å². The summed E-state index contributed by atoms with van der Waals surface area (Å²) in [5.41, 5.74) is 2.03. The molecule has 4 nitrogen and oxygen atoms in total. The topological polar surface area (TPSA) is 41.9 Å². The van der Waals surface area contributed by atoms with E-state index >= 15 is 0 Å². The molecule has 1 N–H and O–H groups in total. The summed E-state index contributed by atoms with van der Waals surface area (Å²) < 4.78 is 11.2. The quantitative estimate of drug-likeness (QED) is 0.924. The van der Waals surface area contributed by atoms with E-state index in [9.17, 15) is 5.11 Å². The minimum atomic E-state index is -0.515. The van der Waals surface area contributed by atoms with Gasteiger partial charge in [-0.3, -0.25) is 4.90 Å². The molecule has 21 heavy (non-hydrogen) atoms. The lowest BCUT2D eigenvalue weighted by Gasteiger charge is -2.38. The van der Waals surface area contributed by atoms with Gasteiger partial charge in [-0.1, -0.05) is 11.6 Å². The zero-order valence-corrected chi connectivity index (χ0v) is 12.9. The number of aryl methyl sites for hydroxylation is 1. The van der Waals surface area contributed by atoms with E-state index in [0.717, 1.165) is 36.4 Å². The maximum atomic E-state index is 10.7. The van der Waals surface area contributed by atoms with Crippen LogP contribution in [0.15, 0.2) is 18.2 Å². The number of fused-ring (bicyclic) bond motifs is 1. The summed E-state index contributed by atoms with van der Waals surface area (Å²) in [6.07, 6.45) is 3.42. The SMILES string of the molecule is COc1ccc(C)cc1C(O)CN1CCOC2CCCC21. The van der Waals surface area contributed by atoms with E-state index in [2.05, 4.69) is 4.90 Å². The molecule has 3 rings (SSSR count). The Bertz CT molecular complexity index is 491. The molecule has 116 valence electrons. The molecule has 0 radical (unpaired) electrons. The molecule has 3 atom stereocenters. The lowest BCUT2D eigenvalue weighted by Crippen LogP contribution is -2.49. The maximum Gasteiger partial charge on any atom is 0.124 e. The van der Waals surface area contributed by atoms with Crippen LogP contribution in [0.2, 0.25) is 0 Å². The number of methoxy groups -OCH3 is 1. The van der Waals surface area contributed by atoms with Crippen molar-refractivity contribution >= 4 is 0 Å². The van der Waals surface area contributed by atoms with Crippen LogP contribution in [-0.4, -0.2) is 49.0 Å². The average Bonchev–Trinajstić information content (AvgIpc) is 2.96. The second kappa shape index (κ2) is 6.34. The molecule has 1 saturated heterocycles. The normalized spacial score (nSPS) is 27.4. The van der Waals surface area contributed by atoms with Gasteiger partial charge in [-0.15, -0.1) is 0 Å². The number of benzene rings is 1. The highest BCUT2D eigenvalue weighted by Crippen LogP contribution is 2.32. The van der Waals surface area contributed by atoms with E-state index < -0.39 is 6.10 Å². The van der Waals surface area contributed by atoms with Crippen molar-refractivity contribution in [3.8, 4) is 5.75 Å². The maximum absolute atomic E-state index is 10.7. The van der Waals surface area contributed by atoms with Crippen LogP contribution in [0.25, 0.3) is 0 Å². The van der Waals surface area contributed by atoms with Gasteiger partial charge in [-0.05, 0) is 38.3 Å². The van der Waals surface area contributed by atoms with Crippen molar-refractivity contribution in [1.29, 1.82) is 0 Å². The first-order chi connectivity index (χ1) is 10.2. The molecule has 2 fully saturated rings. The number of morpholine rings is 1. The molecule has 0 bridgehead atoms. The number of aliphatic hydroxyl groups is 1. The molecule has 3 unspecified atom stereocenters. The van der Waals surface area contributed by atoms with Gasteiger partial charge in [0.1, 0.15) is 5.75 Å². The third-order valence-electron chi connectivity index (χ3n) is 4.75. The number of ether oxygens (including phenoxy) is 2. The molecule has 0 spiro atoms. The summed E-state index contributed by atoms with van der Waals surface area (Å²) in [4.78, 5) is 2.40. The van der Waals surface area contributed by atoms with Gasteiger partial charge >= 0.3 is 0 Å². The minimum Gasteiger partial charge on any atom is -0.496 e. The average molecular weight is 291 g/mol. The molecule has 2 aliphatic rings. The highest BCUT2D eigenvalue weighted by Gasteiger charge is 2.36. The molecule has 1 aromatic carbocycles. The van der Waals surface area contributed by atoms with Crippen LogP contribution >= 0.6 is 0 Å². The van der Waals surface area contributed by atoms with Gasteiger partial charge in [0.2, 0.25) is 0 Å². The van der Waals surface area contributed by atoms with E-state index in [4.69, 9.17) is 9.47 Å². The number of aliphatic hydroxyl groups excluding tert-OH is 1. The highest BCUT2D eigenvalue weighted by molar-refractivity contribution is 5.38. The fourth-order valence-corrected chi connectivity index (χ4v) is 3.67. The van der Waals surface area contributed by atoms with Gasteiger partial charge in [-0.25, -0.2) is 0 Å². The Hall–Kier alpha value is -1.10. The predicted octanol–water partition coefficient (Wildman–Crippen LogP) is 2.29. The van der Waals surface area contributed by atoms with Crippen molar-refractivity contribution in [3.05, 3.63) is 29.3 Å². The lowest BCUT2D eigenvalue weighted by atomic mass is 10.0. The van der Waals surface area contributed by atoms with Crippen molar-refractivity contribution in [2.45, 2.75) is 44.4 Å². The van der Waals surface area contributed by atoms with Gasteiger partial charge in [0.25, 0.3) is 0 Å². The van der Waals surface area contributed by atoms with E-state index in [-0.39, 0.29) is 0 Å². The third kappa shape index (κ3) is 3.07. The molecular formula is C17H25NO3. The van der Waals surface area contributed by atoms with Crippen LogP contribution in [0.5, 0.6) is 5.75 Å². The zero-order chi connectivity index (χ0) is 14.8. The molecule has 0 aromatic heterocycles. The highest BCUT2D eigenvalue weighted by atomic mass is 16.5. The predicted molar refractivity (Wildman–Crippen MR) is 81.6 cm³/mol. The Kier molecular flexibility index (Phi) is 4.48. The molecule has 4 heteroatoms. The minimum absolute atomic E-state index is 0.366. The smallest absolute Gasteiger partial charge is 0.124 e. The van der Waals surface area contributed by atoms with Crippen LogP contribution in [0.4, 0.5) is 0 Å². The second-order valence-electron chi connectivity index (χ2n) is 6.16. The Morgan fingerprint density at radius 2 is 2.29 bits per heavy atom. The third-order valence-corrected chi connectivity index (χ3v) is 4.75. The summed E-state index contributed by atoms with van der Waals surface area (Å²) >= 11 is 0. The second-order valence-corrected chi connectivity index (χ2v) is 6.16. The van der Waals surface area contributed by atoms with Crippen LogP contribution in [0.3, 0.4) is 0 Å². The number of rotatable bonds is 4. The first-order valence-corrected chi connectivity index (χ1v) is 7.87. The summed E-state index contributed by atoms with van der Waals surface area (Å²) in [5, 5.41) is 10.7. The molecule has 1 heterocycles. The van der Waals surface area contributed by atoms with E-state index in [1.54, 1.807) is 7.11 Å². The van der Waals surface area contributed by atoms with Crippen LogP contribution in [0.1, 0.15) is 36.5 Å². The Balaban J connectivity index is 1.73. The first-order valence-electron chi connectivity index (χ1n) is 7.87. The standard InChI is InChI=1S/C17H25NO3/c1-12-6-7-16(20-2)13(10-12)15(19)11-18-8-9-21-17-5-3-4-14(17)18/h6-7,10,14-15,17,19H,3-5,8-9,11H2,1-2H3. The molecule has 0 amide bonds. The number of hydrogen-bond acceptors (Lipinski definition) is 4. The summed E-state index contributed by atoms with van der Waals surface area (Å²) in [6, 6.07) is 6.45. The summed E-state index contributed by atoms with van der Waals surface area (Å²) in [7, 11) is 1.66. The largest absolute Gasteiger partial charge is 0.496 e.